The highest BCUT2D eigenvalue weighted by atomic mass is 15.2. The fourth-order valence-electron chi connectivity index (χ4n) is 3.72. The Morgan fingerprint density at radius 3 is 2.40 bits per heavy atom. The van der Waals surface area contributed by atoms with Crippen LogP contribution in [0.25, 0.3) is 0 Å². The molecule has 1 aliphatic rings. The van der Waals surface area contributed by atoms with Gasteiger partial charge < -0.3 is 5.32 Å². The SMILES string of the molecule is CNC(Cc1cnn(C)c1)C1CCC(C(C)(C)C)CC1. The third-order valence-corrected chi connectivity index (χ3v) is 5.15. The molecular formula is C17H31N3. The third kappa shape index (κ3) is 3.85. The molecule has 0 aromatic carbocycles. The summed E-state index contributed by atoms with van der Waals surface area (Å²) in [7, 11) is 4.10. The largest absolute Gasteiger partial charge is 0.316 e. The summed E-state index contributed by atoms with van der Waals surface area (Å²) in [5.41, 5.74) is 1.83. The van der Waals surface area contributed by atoms with E-state index in [1.807, 2.05) is 17.9 Å². The van der Waals surface area contributed by atoms with Crippen LogP contribution in [0, 0.1) is 17.3 Å². The maximum Gasteiger partial charge on any atom is 0.0522 e. The van der Waals surface area contributed by atoms with Crippen LogP contribution < -0.4 is 5.32 Å². The molecule has 1 atom stereocenters. The number of rotatable bonds is 4. The molecule has 0 amide bonds. The van der Waals surface area contributed by atoms with Gasteiger partial charge in [-0.1, -0.05) is 20.8 Å². The second-order valence-electron chi connectivity index (χ2n) is 7.60. The maximum absolute atomic E-state index is 4.28. The summed E-state index contributed by atoms with van der Waals surface area (Å²) < 4.78 is 1.90. The van der Waals surface area contributed by atoms with Crippen LogP contribution in [-0.2, 0) is 13.5 Å². The van der Waals surface area contributed by atoms with Gasteiger partial charge in [0.1, 0.15) is 0 Å². The molecule has 0 bridgehead atoms. The molecule has 1 fully saturated rings. The van der Waals surface area contributed by atoms with Crippen LogP contribution in [0.1, 0.15) is 52.0 Å². The molecule has 2 rings (SSSR count). The van der Waals surface area contributed by atoms with Crippen molar-refractivity contribution in [3.05, 3.63) is 18.0 Å². The molecule has 0 saturated heterocycles. The van der Waals surface area contributed by atoms with Crippen LogP contribution in [0.2, 0.25) is 0 Å². The fraction of sp³-hybridized carbons (Fsp3) is 0.824. The van der Waals surface area contributed by atoms with Gasteiger partial charge in [-0.2, -0.15) is 5.10 Å². The molecule has 0 radical (unpaired) electrons. The van der Waals surface area contributed by atoms with Gasteiger partial charge in [0.15, 0.2) is 0 Å². The molecule has 3 heteroatoms. The zero-order valence-electron chi connectivity index (χ0n) is 13.8. The van der Waals surface area contributed by atoms with Gasteiger partial charge >= 0.3 is 0 Å². The zero-order chi connectivity index (χ0) is 14.8. The molecule has 0 aliphatic heterocycles. The molecule has 1 saturated carbocycles. The average molecular weight is 277 g/mol. The van der Waals surface area contributed by atoms with Crippen molar-refractivity contribution in [1.29, 1.82) is 0 Å². The number of aryl methyl sites for hydroxylation is 1. The van der Waals surface area contributed by atoms with E-state index < -0.39 is 0 Å². The van der Waals surface area contributed by atoms with E-state index in [1.165, 1.54) is 31.2 Å². The van der Waals surface area contributed by atoms with Gasteiger partial charge in [0.25, 0.3) is 0 Å². The Morgan fingerprint density at radius 2 is 1.95 bits per heavy atom. The Kier molecular flexibility index (Phi) is 4.90. The summed E-state index contributed by atoms with van der Waals surface area (Å²) in [6.07, 6.45) is 10.8. The first kappa shape index (κ1) is 15.6. The molecule has 1 heterocycles. The first-order valence-corrected chi connectivity index (χ1v) is 8.05. The predicted octanol–water partition coefficient (Wildman–Crippen LogP) is 3.40. The van der Waals surface area contributed by atoms with Crippen LogP contribution in [0.5, 0.6) is 0 Å². The summed E-state index contributed by atoms with van der Waals surface area (Å²) in [5.74, 6) is 1.72. The minimum atomic E-state index is 0.476. The van der Waals surface area contributed by atoms with Gasteiger partial charge in [0.05, 0.1) is 6.20 Å². The summed E-state index contributed by atoms with van der Waals surface area (Å²) in [6, 6.07) is 0.597. The third-order valence-electron chi connectivity index (χ3n) is 5.15. The summed E-state index contributed by atoms with van der Waals surface area (Å²) in [4.78, 5) is 0. The van der Waals surface area contributed by atoms with Crippen molar-refractivity contribution in [3.8, 4) is 0 Å². The molecule has 1 aromatic heterocycles. The summed E-state index contributed by atoms with van der Waals surface area (Å²) >= 11 is 0. The zero-order valence-corrected chi connectivity index (χ0v) is 13.8. The number of hydrogen-bond acceptors (Lipinski definition) is 2. The predicted molar refractivity (Wildman–Crippen MR) is 84.7 cm³/mol. The molecule has 20 heavy (non-hydrogen) atoms. The van der Waals surface area contributed by atoms with Crippen molar-refractivity contribution < 1.29 is 0 Å². The van der Waals surface area contributed by atoms with E-state index in [9.17, 15) is 0 Å². The van der Waals surface area contributed by atoms with E-state index in [4.69, 9.17) is 0 Å². The van der Waals surface area contributed by atoms with Crippen molar-refractivity contribution in [2.75, 3.05) is 7.05 Å². The lowest BCUT2D eigenvalue weighted by molar-refractivity contribution is 0.134. The summed E-state index contributed by atoms with van der Waals surface area (Å²) in [5, 5.41) is 7.83. The second kappa shape index (κ2) is 6.30. The maximum atomic E-state index is 4.28. The number of nitrogens with zero attached hydrogens (tertiary/aromatic N) is 2. The lowest BCUT2D eigenvalue weighted by Crippen LogP contribution is -2.39. The van der Waals surface area contributed by atoms with E-state index in [1.54, 1.807) is 0 Å². The molecular weight excluding hydrogens is 246 g/mol. The normalized spacial score (nSPS) is 25.6. The molecule has 114 valence electrons. The Hall–Kier alpha value is -0.830. The highest BCUT2D eigenvalue weighted by molar-refractivity contribution is 5.07. The topological polar surface area (TPSA) is 29.9 Å². The molecule has 1 unspecified atom stereocenters. The molecule has 3 nitrogen and oxygen atoms in total. The molecule has 0 spiro atoms. The Labute approximate surface area is 124 Å². The lowest BCUT2D eigenvalue weighted by atomic mass is 9.68. The van der Waals surface area contributed by atoms with Gasteiger partial charge in [-0.05, 0) is 62.0 Å². The smallest absolute Gasteiger partial charge is 0.0522 e. The number of likely N-dealkylation sites (N-methyl/N-ethyl adjacent to an activating group) is 1. The lowest BCUT2D eigenvalue weighted by Gasteiger charge is -2.39. The fourth-order valence-corrected chi connectivity index (χ4v) is 3.72. The minimum Gasteiger partial charge on any atom is -0.316 e. The Bertz CT molecular complexity index is 408. The quantitative estimate of drug-likeness (QED) is 0.914. The molecule has 1 aromatic rings. The summed E-state index contributed by atoms with van der Waals surface area (Å²) in [6.45, 7) is 7.18. The van der Waals surface area contributed by atoms with Crippen LogP contribution in [0.4, 0.5) is 0 Å². The first-order valence-electron chi connectivity index (χ1n) is 8.05. The standard InChI is InChI=1S/C17H31N3/c1-17(2,3)15-8-6-14(7-9-15)16(18-4)10-13-11-19-20(5)12-13/h11-12,14-16,18H,6-10H2,1-5H3. The van der Waals surface area contributed by atoms with Gasteiger partial charge in [0.2, 0.25) is 0 Å². The van der Waals surface area contributed by atoms with Crippen LogP contribution in [0.3, 0.4) is 0 Å². The highest BCUT2D eigenvalue weighted by Crippen LogP contribution is 2.40. The first-order chi connectivity index (χ1) is 9.40. The van der Waals surface area contributed by atoms with Crippen LogP contribution in [0.15, 0.2) is 12.4 Å². The van der Waals surface area contributed by atoms with Crippen LogP contribution in [-0.4, -0.2) is 22.9 Å². The van der Waals surface area contributed by atoms with E-state index in [0.717, 1.165) is 18.3 Å². The number of aromatic nitrogens is 2. The Morgan fingerprint density at radius 1 is 1.30 bits per heavy atom. The average Bonchev–Trinajstić information content (AvgIpc) is 2.81. The van der Waals surface area contributed by atoms with E-state index >= 15 is 0 Å². The minimum absolute atomic E-state index is 0.476. The highest BCUT2D eigenvalue weighted by Gasteiger charge is 2.32. The number of hydrogen-bond donors (Lipinski definition) is 1. The number of nitrogens with one attached hydrogen (secondary N) is 1. The van der Waals surface area contributed by atoms with Crippen molar-refractivity contribution in [2.24, 2.45) is 24.3 Å². The monoisotopic (exact) mass is 277 g/mol. The van der Waals surface area contributed by atoms with E-state index in [2.05, 4.69) is 44.4 Å². The van der Waals surface area contributed by atoms with Crippen LogP contribution >= 0.6 is 0 Å². The van der Waals surface area contributed by atoms with Gasteiger partial charge in [-0.25, -0.2) is 0 Å². The van der Waals surface area contributed by atoms with Gasteiger partial charge in [0, 0.05) is 19.3 Å². The van der Waals surface area contributed by atoms with Crippen molar-refractivity contribution in [3.63, 3.8) is 0 Å². The van der Waals surface area contributed by atoms with Gasteiger partial charge in [-0.15, -0.1) is 0 Å². The Balaban J connectivity index is 1.90. The van der Waals surface area contributed by atoms with Crippen molar-refractivity contribution in [2.45, 2.75) is 58.9 Å². The molecule has 1 N–H and O–H groups in total. The van der Waals surface area contributed by atoms with Crippen molar-refractivity contribution >= 4 is 0 Å². The molecule has 1 aliphatic carbocycles. The van der Waals surface area contributed by atoms with Crippen molar-refractivity contribution in [1.82, 2.24) is 15.1 Å². The van der Waals surface area contributed by atoms with E-state index in [-0.39, 0.29) is 0 Å². The second-order valence-corrected chi connectivity index (χ2v) is 7.60. The van der Waals surface area contributed by atoms with Gasteiger partial charge in [-0.3, -0.25) is 4.68 Å². The van der Waals surface area contributed by atoms with E-state index in [0.29, 0.717) is 11.5 Å².